The highest BCUT2D eigenvalue weighted by Crippen LogP contribution is 2.31. The van der Waals surface area contributed by atoms with E-state index in [0.29, 0.717) is 12.1 Å². The van der Waals surface area contributed by atoms with Crippen molar-refractivity contribution in [1.29, 1.82) is 0 Å². The summed E-state index contributed by atoms with van der Waals surface area (Å²) in [6.07, 6.45) is 3.40. The predicted octanol–water partition coefficient (Wildman–Crippen LogP) is 3.66. The molecule has 112 valence electrons. The van der Waals surface area contributed by atoms with E-state index in [9.17, 15) is 4.79 Å². The van der Waals surface area contributed by atoms with Crippen LogP contribution in [0.25, 0.3) is 0 Å². The number of benzene rings is 2. The first kappa shape index (κ1) is 14.5. The van der Waals surface area contributed by atoms with Crippen molar-refractivity contribution in [3.8, 4) is 0 Å². The number of hydrogen-bond donors (Lipinski definition) is 0. The number of esters is 1. The number of aliphatic imine (C=N–C) groups is 1. The van der Waals surface area contributed by atoms with Gasteiger partial charge in [0, 0.05) is 6.42 Å². The van der Waals surface area contributed by atoms with Crippen molar-refractivity contribution in [2.45, 2.75) is 25.7 Å². The second-order valence-corrected chi connectivity index (χ2v) is 5.46. The van der Waals surface area contributed by atoms with Gasteiger partial charge < -0.3 is 4.74 Å². The normalized spacial score (nSPS) is 13.2. The van der Waals surface area contributed by atoms with E-state index in [2.05, 4.69) is 47.5 Å². The molecule has 0 spiro atoms. The average Bonchev–Trinajstić information content (AvgIpc) is 2.59. The van der Waals surface area contributed by atoms with Crippen molar-refractivity contribution in [1.82, 2.24) is 0 Å². The number of fused-ring (bicyclic) bond motifs is 1. The third-order valence-electron chi connectivity index (χ3n) is 4.03. The molecule has 1 aliphatic heterocycles. The average molecular weight is 293 g/mol. The van der Waals surface area contributed by atoms with Gasteiger partial charge in [0.15, 0.2) is 0 Å². The molecule has 1 heterocycles. The van der Waals surface area contributed by atoms with E-state index in [1.54, 1.807) is 0 Å². The topological polar surface area (TPSA) is 38.7 Å². The summed E-state index contributed by atoms with van der Waals surface area (Å²) in [5.41, 5.74) is 5.22. The number of methoxy groups -OCH3 is 1. The van der Waals surface area contributed by atoms with E-state index in [0.717, 1.165) is 24.9 Å². The molecule has 22 heavy (non-hydrogen) atoms. The van der Waals surface area contributed by atoms with Crippen molar-refractivity contribution >= 4 is 17.4 Å². The summed E-state index contributed by atoms with van der Waals surface area (Å²) in [6.45, 7) is 0. The Morgan fingerprint density at radius 1 is 1.05 bits per heavy atom. The second kappa shape index (κ2) is 6.56. The first-order chi connectivity index (χ1) is 10.8. The largest absolute Gasteiger partial charge is 0.465 e. The summed E-state index contributed by atoms with van der Waals surface area (Å²) < 4.78 is 4.80. The lowest BCUT2D eigenvalue weighted by Crippen LogP contribution is -2.19. The molecule has 3 nitrogen and oxygen atoms in total. The van der Waals surface area contributed by atoms with Gasteiger partial charge in [-0.05, 0) is 36.0 Å². The molecule has 0 bridgehead atoms. The first-order valence-corrected chi connectivity index (χ1v) is 7.58. The molecule has 0 saturated heterocycles. The maximum absolute atomic E-state index is 11.7. The molecule has 0 radical (unpaired) electrons. The minimum Gasteiger partial charge on any atom is -0.465 e. The maximum Gasteiger partial charge on any atom is 0.352 e. The van der Waals surface area contributed by atoms with Gasteiger partial charge in [0.2, 0.25) is 0 Å². The molecule has 0 aromatic heterocycles. The van der Waals surface area contributed by atoms with E-state index in [1.807, 2.05) is 6.07 Å². The van der Waals surface area contributed by atoms with E-state index in [4.69, 9.17) is 4.74 Å². The molecule has 0 fully saturated rings. The number of carbonyl (C=O) groups excluding carboxylic acids is 1. The van der Waals surface area contributed by atoms with Crippen molar-refractivity contribution in [2.75, 3.05) is 7.11 Å². The van der Waals surface area contributed by atoms with Gasteiger partial charge >= 0.3 is 5.97 Å². The van der Waals surface area contributed by atoms with Crippen molar-refractivity contribution in [3.63, 3.8) is 0 Å². The van der Waals surface area contributed by atoms with Gasteiger partial charge in [-0.15, -0.1) is 0 Å². The second-order valence-electron chi connectivity index (χ2n) is 5.46. The Morgan fingerprint density at radius 2 is 1.86 bits per heavy atom. The first-order valence-electron chi connectivity index (χ1n) is 7.58. The number of hydrogen-bond acceptors (Lipinski definition) is 3. The number of ether oxygens (including phenoxy) is 1. The minimum absolute atomic E-state index is 0.316. The summed E-state index contributed by atoms with van der Waals surface area (Å²) in [7, 11) is 1.40. The number of rotatable bonds is 4. The molecular formula is C19H19NO2. The third kappa shape index (κ3) is 3.08. The fourth-order valence-corrected chi connectivity index (χ4v) is 2.82. The molecule has 0 saturated carbocycles. The highest BCUT2D eigenvalue weighted by molar-refractivity contribution is 6.37. The molecule has 0 N–H and O–H groups in total. The van der Waals surface area contributed by atoms with Crippen molar-refractivity contribution in [2.24, 2.45) is 4.99 Å². The van der Waals surface area contributed by atoms with Gasteiger partial charge in [0.05, 0.1) is 12.8 Å². The Balaban J connectivity index is 1.85. The summed E-state index contributed by atoms with van der Waals surface area (Å²) in [6, 6.07) is 16.7. The van der Waals surface area contributed by atoms with Crippen LogP contribution in [-0.2, 0) is 28.8 Å². The van der Waals surface area contributed by atoms with E-state index < -0.39 is 0 Å². The molecule has 2 aromatic carbocycles. The minimum atomic E-state index is -0.316. The summed E-state index contributed by atoms with van der Waals surface area (Å²) in [5, 5.41) is 0. The van der Waals surface area contributed by atoms with Crippen LogP contribution in [0, 0.1) is 0 Å². The van der Waals surface area contributed by atoms with E-state index in [-0.39, 0.29) is 5.97 Å². The molecule has 0 atom stereocenters. The van der Waals surface area contributed by atoms with Crippen LogP contribution in [0.2, 0.25) is 0 Å². The predicted molar refractivity (Wildman–Crippen MR) is 87.7 cm³/mol. The monoisotopic (exact) mass is 293 g/mol. The van der Waals surface area contributed by atoms with Crippen LogP contribution in [0.15, 0.2) is 53.5 Å². The zero-order valence-corrected chi connectivity index (χ0v) is 12.7. The van der Waals surface area contributed by atoms with Gasteiger partial charge in [-0.1, -0.05) is 48.5 Å². The van der Waals surface area contributed by atoms with Crippen LogP contribution in [0.1, 0.15) is 23.1 Å². The highest BCUT2D eigenvalue weighted by atomic mass is 16.5. The molecule has 1 aliphatic rings. The zero-order valence-electron chi connectivity index (χ0n) is 12.7. The van der Waals surface area contributed by atoms with Gasteiger partial charge in [0.25, 0.3) is 0 Å². The zero-order chi connectivity index (χ0) is 15.4. The van der Waals surface area contributed by atoms with Crippen LogP contribution in [0.4, 0.5) is 5.69 Å². The Morgan fingerprint density at radius 3 is 2.64 bits per heavy atom. The number of para-hydroxylation sites is 1. The lowest BCUT2D eigenvalue weighted by Gasteiger charge is -2.17. The number of nitrogens with zero attached hydrogens (tertiary/aromatic N) is 1. The highest BCUT2D eigenvalue weighted by Gasteiger charge is 2.20. The maximum atomic E-state index is 11.7. The molecule has 3 rings (SSSR count). The summed E-state index contributed by atoms with van der Waals surface area (Å²) in [4.78, 5) is 16.3. The van der Waals surface area contributed by atoms with Crippen LogP contribution in [-0.4, -0.2) is 18.8 Å². The molecular weight excluding hydrogens is 274 g/mol. The van der Waals surface area contributed by atoms with Crippen LogP contribution < -0.4 is 0 Å². The van der Waals surface area contributed by atoms with E-state index in [1.165, 1.54) is 23.8 Å². The molecule has 2 aromatic rings. The smallest absolute Gasteiger partial charge is 0.352 e. The fraction of sp³-hybridized carbons (Fsp3) is 0.263. The fourth-order valence-electron chi connectivity index (χ4n) is 2.82. The van der Waals surface area contributed by atoms with Crippen LogP contribution >= 0.6 is 0 Å². The Bertz CT molecular complexity index is 705. The summed E-state index contributed by atoms with van der Waals surface area (Å²) in [5.74, 6) is -0.316. The Labute approximate surface area is 130 Å². The van der Waals surface area contributed by atoms with Gasteiger partial charge in [-0.3, -0.25) is 0 Å². The lowest BCUT2D eigenvalue weighted by atomic mass is 9.95. The Hall–Kier alpha value is -2.42. The number of carbonyl (C=O) groups is 1. The molecule has 3 heteroatoms. The lowest BCUT2D eigenvalue weighted by molar-refractivity contribution is -0.132. The molecule has 0 aliphatic carbocycles. The van der Waals surface area contributed by atoms with Crippen LogP contribution in [0.5, 0.6) is 0 Å². The van der Waals surface area contributed by atoms with Gasteiger partial charge in [-0.25, -0.2) is 9.79 Å². The van der Waals surface area contributed by atoms with Crippen molar-refractivity contribution in [3.05, 3.63) is 65.2 Å². The van der Waals surface area contributed by atoms with E-state index >= 15 is 0 Å². The third-order valence-corrected chi connectivity index (χ3v) is 4.03. The summed E-state index contributed by atoms with van der Waals surface area (Å²) >= 11 is 0. The van der Waals surface area contributed by atoms with Crippen molar-refractivity contribution < 1.29 is 9.53 Å². The SMILES string of the molecule is COC(=O)C1=Nc2c(cccc2CCc2ccccc2)CC1. The number of aryl methyl sites for hydroxylation is 3. The molecule has 0 unspecified atom stereocenters. The standard InChI is InChI=1S/C19H19NO2/c1-22-19(21)17-13-12-16-9-5-8-15(18(16)20-17)11-10-14-6-3-2-4-7-14/h2-9H,10-13H2,1H3. The van der Waals surface area contributed by atoms with Gasteiger partial charge in [-0.2, -0.15) is 0 Å². The molecule has 0 amide bonds. The quantitative estimate of drug-likeness (QED) is 0.807. The Kier molecular flexibility index (Phi) is 4.33. The van der Waals surface area contributed by atoms with Gasteiger partial charge in [0.1, 0.15) is 5.71 Å². The van der Waals surface area contributed by atoms with Crippen LogP contribution in [0.3, 0.4) is 0 Å².